The zero-order valence-electron chi connectivity index (χ0n) is 14.3. The quantitative estimate of drug-likeness (QED) is 0.759. The Morgan fingerprint density at radius 3 is 2.72 bits per heavy atom. The fourth-order valence-electron chi connectivity index (χ4n) is 3.46. The molecule has 130 valence electrons. The van der Waals surface area contributed by atoms with E-state index in [4.69, 9.17) is 10.2 Å². The van der Waals surface area contributed by atoms with Crippen LogP contribution in [-0.2, 0) is 4.79 Å². The smallest absolute Gasteiger partial charge is 0.231 e. The maximum atomic E-state index is 11.1. The molecule has 1 saturated heterocycles. The van der Waals surface area contributed by atoms with Crippen LogP contribution in [0.25, 0.3) is 22.2 Å². The molecule has 1 amide bonds. The summed E-state index contributed by atoms with van der Waals surface area (Å²) in [6.07, 6.45) is 1.57. The number of amides is 1. The first-order chi connectivity index (χ1) is 12.0. The Morgan fingerprint density at radius 2 is 2.00 bits per heavy atom. The van der Waals surface area contributed by atoms with Gasteiger partial charge in [-0.25, -0.2) is 15.0 Å². The summed E-state index contributed by atoms with van der Waals surface area (Å²) in [6.45, 7) is 7.29. The van der Waals surface area contributed by atoms with Crippen LogP contribution in [0.15, 0.2) is 16.8 Å². The first kappa shape index (κ1) is 15.8. The summed E-state index contributed by atoms with van der Waals surface area (Å²) in [7, 11) is 0. The van der Waals surface area contributed by atoms with Crippen LogP contribution in [-0.4, -0.2) is 58.5 Å². The zero-order valence-corrected chi connectivity index (χ0v) is 14.3. The molecule has 0 bridgehead atoms. The number of rotatable bonds is 3. The van der Waals surface area contributed by atoms with Crippen molar-refractivity contribution in [2.45, 2.75) is 13.8 Å². The lowest BCUT2D eigenvalue weighted by Crippen LogP contribution is -2.49. The summed E-state index contributed by atoms with van der Waals surface area (Å²) < 4.78 is 6.02. The number of primary amides is 1. The molecule has 1 aliphatic heterocycles. The van der Waals surface area contributed by atoms with Gasteiger partial charge in [0.2, 0.25) is 11.6 Å². The van der Waals surface area contributed by atoms with Crippen molar-refractivity contribution in [1.29, 1.82) is 0 Å². The number of carbonyl (C=O) groups excluding carboxylic acids is 1. The summed E-state index contributed by atoms with van der Waals surface area (Å²) in [6, 6.07) is 2.03. The minimum atomic E-state index is -0.299. The van der Waals surface area contributed by atoms with Crippen LogP contribution < -0.4 is 10.6 Å². The lowest BCUT2D eigenvalue weighted by Gasteiger charge is -2.34. The summed E-state index contributed by atoms with van der Waals surface area (Å²) in [5, 5.41) is 0.941. The molecule has 0 saturated carbocycles. The van der Waals surface area contributed by atoms with Gasteiger partial charge in [0.15, 0.2) is 11.4 Å². The lowest BCUT2D eigenvalue weighted by atomic mass is 10.1. The molecule has 0 atom stereocenters. The molecule has 0 spiro atoms. The Bertz CT molecular complexity index is 959. The van der Waals surface area contributed by atoms with Gasteiger partial charge in [0.25, 0.3) is 0 Å². The number of fused-ring (bicyclic) bond motifs is 3. The van der Waals surface area contributed by atoms with Crippen LogP contribution in [0.1, 0.15) is 11.3 Å². The van der Waals surface area contributed by atoms with E-state index in [-0.39, 0.29) is 5.91 Å². The average molecular weight is 340 g/mol. The molecule has 1 fully saturated rings. The number of hydrogen-bond acceptors (Lipinski definition) is 7. The highest BCUT2D eigenvalue weighted by Gasteiger charge is 2.24. The molecule has 8 nitrogen and oxygen atoms in total. The van der Waals surface area contributed by atoms with Crippen molar-refractivity contribution in [2.24, 2.45) is 5.73 Å². The third-order valence-electron chi connectivity index (χ3n) is 4.58. The molecule has 4 rings (SSSR count). The molecule has 3 aromatic heterocycles. The first-order valence-electron chi connectivity index (χ1n) is 8.30. The van der Waals surface area contributed by atoms with Gasteiger partial charge < -0.3 is 15.1 Å². The summed E-state index contributed by atoms with van der Waals surface area (Å²) >= 11 is 0. The van der Waals surface area contributed by atoms with Crippen LogP contribution in [0.2, 0.25) is 0 Å². The minimum Gasteiger partial charge on any atom is -0.432 e. The maximum Gasteiger partial charge on any atom is 0.231 e. The van der Waals surface area contributed by atoms with Crippen LogP contribution >= 0.6 is 0 Å². The molecule has 8 heteroatoms. The van der Waals surface area contributed by atoms with Crippen molar-refractivity contribution in [3.63, 3.8) is 0 Å². The monoisotopic (exact) mass is 340 g/mol. The number of furan rings is 1. The Hall–Kier alpha value is -2.74. The Kier molecular flexibility index (Phi) is 3.76. The first-order valence-corrected chi connectivity index (χ1v) is 8.30. The van der Waals surface area contributed by atoms with Crippen LogP contribution in [0.3, 0.4) is 0 Å². The minimum absolute atomic E-state index is 0.292. The Labute approximate surface area is 144 Å². The number of pyridine rings is 1. The third-order valence-corrected chi connectivity index (χ3v) is 4.58. The lowest BCUT2D eigenvalue weighted by molar-refractivity contribution is -0.119. The second-order valence-corrected chi connectivity index (χ2v) is 6.47. The molecule has 25 heavy (non-hydrogen) atoms. The SMILES string of the molecule is Cc1cc(C)c2c(n1)oc1c(N3CCN(CC(N)=O)CC3)ncnc12. The van der Waals surface area contributed by atoms with Crippen molar-refractivity contribution >= 4 is 33.9 Å². The van der Waals surface area contributed by atoms with Crippen molar-refractivity contribution in [3.05, 3.63) is 23.7 Å². The molecule has 3 aromatic rings. The van der Waals surface area contributed by atoms with Gasteiger partial charge in [-0.2, -0.15) is 0 Å². The standard InChI is InChI=1S/C17H20N6O2/c1-10-7-11(2)21-17-13(10)14-15(25-17)16(20-9-19-14)23-5-3-22(4-6-23)8-12(18)24/h7,9H,3-6,8H2,1-2H3,(H2,18,24). The van der Waals surface area contributed by atoms with Gasteiger partial charge >= 0.3 is 0 Å². The molecule has 0 aliphatic carbocycles. The predicted molar refractivity (Wildman–Crippen MR) is 94.4 cm³/mol. The van der Waals surface area contributed by atoms with Gasteiger partial charge in [-0.3, -0.25) is 9.69 Å². The van der Waals surface area contributed by atoms with E-state index in [1.165, 1.54) is 0 Å². The van der Waals surface area contributed by atoms with Gasteiger partial charge in [-0.15, -0.1) is 0 Å². The van der Waals surface area contributed by atoms with Crippen molar-refractivity contribution in [1.82, 2.24) is 19.9 Å². The molecule has 0 aromatic carbocycles. The van der Waals surface area contributed by atoms with Crippen molar-refractivity contribution in [2.75, 3.05) is 37.6 Å². The van der Waals surface area contributed by atoms with Gasteiger partial charge in [0, 0.05) is 31.9 Å². The van der Waals surface area contributed by atoms with Crippen molar-refractivity contribution < 1.29 is 9.21 Å². The largest absolute Gasteiger partial charge is 0.432 e. The number of aryl methyl sites for hydroxylation is 2. The second-order valence-electron chi connectivity index (χ2n) is 6.47. The number of hydrogen-bond donors (Lipinski definition) is 1. The van der Waals surface area contributed by atoms with E-state index in [0.717, 1.165) is 54.2 Å². The van der Waals surface area contributed by atoms with Crippen LogP contribution in [0.4, 0.5) is 5.82 Å². The molecule has 2 N–H and O–H groups in total. The van der Waals surface area contributed by atoms with E-state index in [0.29, 0.717) is 17.8 Å². The molecular formula is C17H20N6O2. The van der Waals surface area contributed by atoms with Gasteiger partial charge in [-0.1, -0.05) is 0 Å². The van der Waals surface area contributed by atoms with E-state index in [1.807, 2.05) is 24.8 Å². The van der Waals surface area contributed by atoms with Crippen LogP contribution in [0, 0.1) is 13.8 Å². The number of anilines is 1. The van der Waals surface area contributed by atoms with Crippen molar-refractivity contribution in [3.8, 4) is 0 Å². The zero-order chi connectivity index (χ0) is 17.6. The van der Waals surface area contributed by atoms with E-state index >= 15 is 0 Å². The van der Waals surface area contributed by atoms with E-state index < -0.39 is 0 Å². The van der Waals surface area contributed by atoms with E-state index in [9.17, 15) is 4.79 Å². The predicted octanol–water partition coefficient (Wildman–Crippen LogP) is 0.995. The molecule has 0 radical (unpaired) electrons. The number of aromatic nitrogens is 3. The van der Waals surface area contributed by atoms with Gasteiger partial charge in [0.05, 0.1) is 11.9 Å². The number of piperazine rings is 1. The second kappa shape index (κ2) is 5.96. The Balaban J connectivity index is 1.71. The normalized spacial score (nSPS) is 16.0. The average Bonchev–Trinajstić information content (AvgIpc) is 2.93. The molecule has 1 aliphatic rings. The summed E-state index contributed by atoms with van der Waals surface area (Å²) in [4.78, 5) is 28.6. The summed E-state index contributed by atoms with van der Waals surface area (Å²) in [5.41, 5.74) is 9.35. The van der Waals surface area contributed by atoms with Gasteiger partial charge in [0.1, 0.15) is 11.8 Å². The van der Waals surface area contributed by atoms with E-state index in [2.05, 4.69) is 19.9 Å². The maximum absolute atomic E-state index is 11.1. The Morgan fingerprint density at radius 1 is 1.24 bits per heavy atom. The number of nitrogens with zero attached hydrogens (tertiary/aromatic N) is 5. The highest BCUT2D eigenvalue weighted by molar-refractivity contribution is 6.06. The van der Waals surface area contributed by atoms with E-state index in [1.54, 1.807) is 6.33 Å². The molecule has 4 heterocycles. The highest BCUT2D eigenvalue weighted by Crippen LogP contribution is 2.33. The molecular weight excluding hydrogens is 320 g/mol. The number of carbonyl (C=O) groups is 1. The summed E-state index contributed by atoms with van der Waals surface area (Å²) in [5.74, 6) is 0.478. The number of nitrogens with two attached hydrogens (primary N) is 1. The molecule has 0 unspecified atom stereocenters. The highest BCUT2D eigenvalue weighted by atomic mass is 16.3. The van der Waals surface area contributed by atoms with Crippen LogP contribution in [0.5, 0.6) is 0 Å². The third kappa shape index (κ3) is 2.78. The fraction of sp³-hybridized carbons (Fsp3) is 0.412. The van der Waals surface area contributed by atoms with Gasteiger partial charge in [-0.05, 0) is 25.5 Å². The topological polar surface area (TPSA) is 101 Å². The fourth-order valence-corrected chi connectivity index (χ4v) is 3.46.